The first-order valence-electron chi connectivity index (χ1n) is 7.06. The van der Waals surface area contributed by atoms with Gasteiger partial charge in [-0.3, -0.25) is 0 Å². The van der Waals surface area contributed by atoms with Crippen LogP contribution in [-0.4, -0.2) is 27.3 Å². The molecular weight excluding hydrogens is 335 g/mol. The molecule has 0 radical (unpaired) electrons. The molecule has 0 aliphatic heterocycles. The normalized spacial score (nSPS) is 11.8. The van der Waals surface area contributed by atoms with E-state index in [-0.39, 0.29) is 5.75 Å². The number of hydrazone groups is 1. The Morgan fingerprint density at radius 1 is 1.04 bits per heavy atom. The lowest BCUT2D eigenvalue weighted by atomic mass is 10.1. The number of nitrogens with zero attached hydrogens (tertiary/aromatic N) is 4. The van der Waals surface area contributed by atoms with Gasteiger partial charge in [0.05, 0.1) is 11.9 Å². The van der Waals surface area contributed by atoms with E-state index in [4.69, 9.17) is 5.84 Å². The summed E-state index contributed by atoms with van der Waals surface area (Å²) in [6.07, 6.45) is -1.73. The fourth-order valence-electron chi connectivity index (χ4n) is 2.12. The summed E-state index contributed by atoms with van der Waals surface area (Å²) in [6.45, 7) is 0. The second-order valence-corrected chi connectivity index (χ2v) is 4.95. The van der Waals surface area contributed by atoms with Gasteiger partial charge in [0.2, 0.25) is 0 Å². The van der Waals surface area contributed by atoms with Gasteiger partial charge in [0.25, 0.3) is 0 Å². The summed E-state index contributed by atoms with van der Waals surface area (Å²) >= 11 is 0. The molecule has 0 amide bonds. The standard InChI is InChI=1S/C16H12F3N5O/c17-16(18,19)25-14-7-5-13(6-8-14)24-10-21-15(23-24)12-3-1-11(2-4-12)9-22-20/h1-10H,20H2. The number of hydrogen-bond donors (Lipinski definition) is 1. The summed E-state index contributed by atoms with van der Waals surface area (Å²) in [5, 5.41) is 7.76. The molecule has 9 heteroatoms. The topological polar surface area (TPSA) is 78.3 Å². The molecule has 0 saturated carbocycles. The summed E-state index contributed by atoms with van der Waals surface area (Å²) in [5.41, 5.74) is 2.18. The molecular formula is C16H12F3N5O. The second-order valence-electron chi connectivity index (χ2n) is 4.95. The van der Waals surface area contributed by atoms with Gasteiger partial charge in [0.1, 0.15) is 12.1 Å². The first-order valence-corrected chi connectivity index (χ1v) is 7.06. The van der Waals surface area contributed by atoms with Crippen LogP contribution < -0.4 is 10.6 Å². The maximum atomic E-state index is 12.2. The lowest BCUT2D eigenvalue weighted by Crippen LogP contribution is -2.17. The number of ether oxygens (including phenoxy) is 1. The van der Waals surface area contributed by atoms with Crippen molar-refractivity contribution in [1.82, 2.24) is 14.8 Å². The van der Waals surface area contributed by atoms with Crippen LogP contribution in [-0.2, 0) is 0 Å². The Labute approximate surface area is 140 Å². The molecule has 6 nitrogen and oxygen atoms in total. The van der Waals surface area contributed by atoms with Crippen LogP contribution in [0.25, 0.3) is 17.1 Å². The highest BCUT2D eigenvalue weighted by Crippen LogP contribution is 2.24. The summed E-state index contributed by atoms with van der Waals surface area (Å²) in [4.78, 5) is 4.20. The molecule has 1 aromatic heterocycles. The number of halogens is 3. The van der Waals surface area contributed by atoms with E-state index in [0.29, 0.717) is 11.5 Å². The first-order chi connectivity index (χ1) is 11.9. The average Bonchev–Trinajstić information content (AvgIpc) is 3.05. The summed E-state index contributed by atoms with van der Waals surface area (Å²) in [5.74, 6) is 5.27. The van der Waals surface area contributed by atoms with E-state index in [1.165, 1.54) is 41.5 Å². The zero-order valence-corrected chi connectivity index (χ0v) is 12.7. The predicted octanol–water partition coefficient (Wildman–Crippen LogP) is 3.13. The zero-order valence-electron chi connectivity index (χ0n) is 12.7. The molecule has 3 aromatic rings. The number of aromatic nitrogens is 3. The summed E-state index contributed by atoms with van der Waals surface area (Å²) in [6, 6.07) is 12.6. The highest BCUT2D eigenvalue weighted by Gasteiger charge is 2.30. The number of hydrogen-bond acceptors (Lipinski definition) is 5. The fourth-order valence-corrected chi connectivity index (χ4v) is 2.12. The Morgan fingerprint density at radius 2 is 1.72 bits per heavy atom. The highest BCUT2D eigenvalue weighted by molar-refractivity contribution is 5.80. The van der Waals surface area contributed by atoms with Crippen molar-refractivity contribution < 1.29 is 17.9 Å². The molecule has 0 atom stereocenters. The lowest BCUT2D eigenvalue weighted by Gasteiger charge is -2.09. The van der Waals surface area contributed by atoms with Crippen molar-refractivity contribution in [2.75, 3.05) is 0 Å². The molecule has 0 aliphatic carbocycles. The van der Waals surface area contributed by atoms with E-state index < -0.39 is 6.36 Å². The van der Waals surface area contributed by atoms with E-state index in [1.807, 2.05) is 24.3 Å². The van der Waals surface area contributed by atoms with Crippen molar-refractivity contribution in [2.45, 2.75) is 6.36 Å². The van der Waals surface area contributed by atoms with Gasteiger partial charge in [-0.05, 0) is 29.8 Å². The molecule has 3 rings (SSSR count). The average molecular weight is 347 g/mol. The minimum atomic E-state index is -4.72. The van der Waals surface area contributed by atoms with Crippen LogP contribution >= 0.6 is 0 Å². The number of benzene rings is 2. The van der Waals surface area contributed by atoms with E-state index in [1.54, 1.807) is 0 Å². The van der Waals surface area contributed by atoms with Gasteiger partial charge in [-0.1, -0.05) is 24.3 Å². The van der Waals surface area contributed by atoms with E-state index in [2.05, 4.69) is 19.9 Å². The number of nitrogens with two attached hydrogens (primary N) is 1. The van der Waals surface area contributed by atoms with E-state index in [0.717, 1.165) is 11.1 Å². The Balaban J connectivity index is 1.79. The molecule has 2 aromatic carbocycles. The van der Waals surface area contributed by atoms with Crippen molar-refractivity contribution in [3.63, 3.8) is 0 Å². The molecule has 0 aliphatic rings. The Bertz CT molecular complexity index is 870. The third kappa shape index (κ3) is 4.14. The fraction of sp³-hybridized carbons (Fsp3) is 0.0625. The summed E-state index contributed by atoms with van der Waals surface area (Å²) < 4.78 is 41.8. The van der Waals surface area contributed by atoms with Crippen LogP contribution in [0.4, 0.5) is 13.2 Å². The quantitative estimate of drug-likeness (QED) is 0.447. The van der Waals surface area contributed by atoms with Gasteiger partial charge in [-0.15, -0.1) is 18.3 Å². The molecule has 0 saturated heterocycles. The Morgan fingerprint density at radius 3 is 2.32 bits per heavy atom. The van der Waals surface area contributed by atoms with Crippen molar-refractivity contribution in [3.05, 3.63) is 60.4 Å². The molecule has 0 spiro atoms. The summed E-state index contributed by atoms with van der Waals surface area (Å²) in [7, 11) is 0. The smallest absolute Gasteiger partial charge is 0.406 e. The van der Waals surface area contributed by atoms with Gasteiger partial charge in [-0.25, -0.2) is 9.67 Å². The minimum Gasteiger partial charge on any atom is -0.406 e. The maximum Gasteiger partial charge on any atom is 0.573 e. The molecule has 0 fully saturated rings. The van der Waals surface area contributed by atoms with Crippen LogP contribution in [0.1, 0.15) is 5.56 Å². The van der Waals surface area contributed by atoms with Crippen LogP contribution in [0, 0.1) is 0 Å². The van der Waals surface area contributed by atoms with Gasteiger partial charge in [-0.2, -0.15) is 5.10 Å². The maximum absolute atomic E-state index is 12.2. The number of alkyl halides is 3. The lowest BCUT2D eigenvalue weighted by molar-refractivity contribution is -0.274. The van der Waals surface area contributed by atoms with Gasteiger partial charge in [0.15, 0.2) is 5.82 Å². The van der Waals surface area contributed by atoms with E-state index >= 15 is 0 Å². The van der Waals surface area contributed by atoms with Crippen molar-refractivity contribution in [3.8, 4) is 22.8 Å². The Kier molecular flexibility index (Phi) is 4.38. The third-order valence-electron chi connectivity index (χ3n) is 3.22. The minimum absolute atomic E-state index is 0.297. The molecule has 128 valence electrons. The largest absolute Gasteiger partial charge is 0.573 e. The SMILES string of the molecule is NN=Cc1ccc(-c2ncn(-c3ccc(OC(F)(F)F)cc3)n2)cc1. The molecule has 25 heavy (non-hydrogen) atoms. The van der Waals surface area contributed by atoms with Gasteiger partial charge in [0, 0.05) is 5.56 Å². The monoisotopic (exact) mass is 347 g/mol. The number of rotatable bonds is 4. The van der Waals surface area contributed by atoms with Crippen LogP contribution in [0.5, 0.6) is 5.75 Å². The van der Waals surface area contributed by atoms with Crippen molar-refractivity contribution in [1.29, 1.82) is 0 Å². The van der Waals surface area contributed by atoms with Crippen LogP contribution in [0.3, 0.4) is 0 Å². The molecule has 0 bridgehead atoms. The first kappa shape index (κ1) is 16.5. The zero-order chi connectivity index (χ0) is 17.9. The second kappa shape index (κ2) is 6.63. The van der Waals surface area contributed by atoms with Crippen molar-refractivity contribution >= 4 is 6.21 Å². The molecule has 0 unspecified atom stereocenters. The molecule has 1 heterocycles. The predicted molar refractivity (Wildman–Crippen MR) is 85.3 cm³/mol. The van der Waals surface area contributed by atoms with Crippen LogP contribution in [0.2, 0.25) is 0 Å². The van der Waals surface area contributed by atoms with Crippen LogP contribution in [0.15, 0.2) is 60.0 Å². The Hall–Kier alpha value is -3.36. The highest BCUT2D eigenvalue weighted by atomic mass is 19.4. The van der Waals surface area contributed by atoms with Gasteiger partial charge >= 0.3 is 6.36 Å². The van der Waals surface area contributed by atoms with E-state index in [9.17, 15) is 13.2 Å². The van der Waals surface area contributed by atoms with Gasteiger partial charge < -0.3 is 10.6 Å². The van der Waals surface area contributed by atoms with Crippen molar-refractivity contribution in [2.24, 2.45) is 10.9 Å². The third-order valence-corrected chi connectivity index (χ3v) is 3.22. The molecule has 2 N–H and O–H groups in total.